The molecule has 8 nitrogen and oxygen atoms in total. The van der Waals surface area contributed by atoms with Gasteiger partial charge in [0.1, 0.15) is 6.04 Å². The minimum Gasteiger partial charge on any atom is -0.334 e. The van der Waals surface area contributed by atoms with Gasteiger partial charge in [0.05, 0.1) is 23.4 Å². The number of carbonyl (C=O) groups is 2. The van der Waals surface area contributed by atoms with Gasteiger partial charge in [0.25, 0.3) is 0 Å². The van der Waals surface area contributed by atoms with Crippen LogP contribution in [0.2, 0.25) is 0 Å². The van der Waals surface area contributed by atoms with Crippen LogP contribution in [0.5, 0.6) is 0 Å². The van der Waals surface area contributed by atoms with E-state index >= 15 is 0 Å². The first-order valence-electron chi connectivity index (χ1n) is 7.75. The molecule has 0 aliphatic carbocycles. The number of hydrogen-bond acceptors (Lipinski definition) is 5. The highest BCUT2D eigenvalue weighted by Gasteiger charge is 2.30. The molecule has 1 aliphatic rings. The Balaban J connectivity index is 1.93. The van der Waals surface area contributed by atoms with E-state index < -0.39 is 28.0 Å². The van der Waals surface area contributed by atoms with Crippen molar-refractivity contribution < 1.29 is 18.0 Å². The molecule has 1 fully saturated rings. The molecule has 132 valence electrons. The van der Waals surface area contributed by atoms with Crippen LogP contribution in [0.4, 0.5) is 10.5 Å². The van der Waals surface area contributed by atoms with E-state index in [2.05, 4.69) is 20.9 Å². The lowest BCUT2D eigenvalue weighted by atomic mass is 10.0. The average Bonchev–Trinajstić information content (AvgIpc) is 2.84. The maximum absolute atomic E-state index is 12.4. The number of nitrogens with one attached hydrogen (secondary N) is 3. The monoisotopic (exact) mass is 354 g/mol. The van der Waals surface area contributed by atoms with Crippen LogP contribution in [0.1, 0.15) is 20.3 Å². The molecule has 2 heterocycles. The van der Waals surface area contributed by atoms with E-state index in [0.717, 1.165) is 0 Å². The molecular formula is C15H22N4O4S. The van der Waals surface area contributed by atoms with Crippen molar-refractivity contribution in [2.75, 3.05) is 16.8 Å². The van der Waals surface area contributed by atoms with Gasteiger partial charge in [-0.05, 0) is 24.5 Å². The fourth-order valence-corrected chi connectivity index (χ4v) is 4.14. The fourth-order valence-electron chi connectivity index (χ4n) is 2.47. The van der Waals surface area contributed by atoms with Gasteiger partial charge < -0.3 is 16.0 Å². The summed E-state index contributed by atoms with van der Waals surface area (Å²) in [6.45, 7) is 3.63. The van der Waals surface area contributed by atoms with Crippen molar-refractivity contribution in [3.05, 3.63) is 24.5 Å². The fraction of sp³-hybridized carbons (Fsp3) is 0.533. The van der Waals surface area contributed by atoms with Crippen LogP contribution < -0.4 is 16.0 Å². The van der Waals surface area contributed by atoms with E-state index in [0.29, 0.717) is 12.1 Å². The molecule has 3 amide bonds. The van der Waals surface area contributed by atoms with Crippen LogP contribution in [0.15, 0.2) is 24.5 Å². The summed E-state index contributed by atoms with van der Waals surface area (Å²) < 4.78 is 22.8. The SMILES string of the molecule is CC(C)[C@@H](NC(=O)NC1CCS(=O)(=O)C1)C(=O)Nc1cccnc1. The number of pyridine rings is 1. The summed E-state index contributed by atoms with van der Waals surface area (Å²) in [7, 11) is -3.07. The Morgan fingerprint density at radius 3 is 2.62 bits per heavy atom. The van der Waals surface area contributed by atoms with Gasteiger partial charge in [-0.15, -0.1) is 0 Å². The van der Waals surface area contributed by atoms with Crippen molar-refractivity contribution in [3.8, 4) is 0 Å². The quantitative estimate of drug-likeness (QED) is 0.713. The summed E-state index contributed by atoms with van der Waals surface area (Å²) in [5, 5.41) is 7.93. The third-order valence-electron chi connectivity index (χ3n) is 3.73. The Labute approximate surface area is 141 Å². The molecule has 3 N–H and O–H groups in total. The van der Waals surface area contributed by atoms with Crippen molar-refractivity contribution in [2.24, 2.45) is 5.92 Å². The van der Waals surface area contributed by atoms with Crippen molar-refractivity contribution in [3.63, 3.8) is 0 Å². The first-order valence-corrected chi connectivity index (χ1v) is 9.57. The maximum atomic E-state index is 12.4. The van der Waals surface area contributed by atoms with Crippen LogP contribution in [-0.4, -0.2) is 48.9 Å². The minimum absolute atomic E-state index is 0.0609. The highest BCUT2D eigenvalue weighted by Crippen LogP contribution is 2.12. The number of amides is 3. The van der Waals surface area contributed by atoms with E-state index in [-0.39, 0.29) is 23.3 Å². The lowest BCUT2D eigenvalue weighted by Gasteiger charge is -2.23. The number of rotatable bonds is 5. The van der Waals surface area contributed by atoms with Gasteiger partial charge in [-0.3, -0.25) is 9.78 Å². The Morgan fingerprint density at radius 1 is 1.33 bits per heavy atom. The zero-order valence-electron chi connectivity index (χ0n) is 13.7. The molecule has 0 saturated carbocycles. The molecule has 0 aromatic carbocycles. The molecule has 0 radical (unpaired) electrons. The molecule has 1 aromatic rings. The van der Waals surface area contributed by atoms with E-state index in [1.54, 1.807) is 18.3 Å². The van der Waals surface area contributed by atoms with Gasteiger partial charge in [-0.1, -0.05) is 13.8 Å². The Bertz CT molecular complexity index is 691. The summed E-state index contributed by atoms with van der Waals surface area (Å²) in [6, 6.07) is 1.69. The second kappa shape index (κ2) is 7.61. The molecule has 9 heteroatoms. The minimum atomic E-state index is -3.07. The molecular weight excluding hydrogens is 332 g/mol. The number of anilines is 1. The van der Waals surface area contributed by atoms with Gasteiger partial charge in [0.15, 0.2) is 9.84 Å². The lowest BCUT2D eigenvalue weighted by molar-refractivity contribution is -0.118. The number of hydrogen-bond donors (Lipinski definition) is 3. The maximum Gasteiger partial charge on any atom is 0.315 e. The summed E-state index contributed by atoms with van der Waals surface area (Å²) in [4.78, 5) is 28.3. The zero-order valence-corrected chi connectivity index (χ0v) is 14.5. The van der Waals surface area contributed by atoms with Gasteiger partial charge in [-0.25, -0.2) is 13.2 Å². The van der Waals surface area contributed by atoms with Crippen molar-refractivity contribution >= 4 is 27.5 Å². The molecule has 24 heavy (non-hydrogen) atoms. The summed E-state index contributed by atoms with van der Waals surface area (Å²) in [5.74, 6) is -0.478. The predicted octanol–water partition coefficient (Wildman–Crippen LogP) is 0.531. The van der Waals surface area contributed by atoms with Gasteiger partial charge in [-0.2, -0.15) is 0 Å². The molecule has 1 unspecified atom stereocenters. The van der Waals surface area contributed by atoms with Crippen LogP contribution in [0.3, 0.4) is 0 Å². The predicted molar refractivity (Wildman–Crippen MR) is 90.2 cm³/mol. The normalized spacial score (nSPS) is 20.4. The first-order chi connectivity index (χ1) is 11.3. The van der Waals surface area contributed by atoms with Crippen LogP contribution in [-0.2, 0) is 14.6 Å². The van der Waals surface area contributed by atoms with Crippen molar-refractivity contribution in [2.45, 2.75) is 32.4 Å². The van der Waals surface area contributed by atoms with E-state index in [9.17, 15) is 18.0 Å². The van der Waals surface area contributed by atoms with E-state index in [4.69, 9.17) is 0 Å². The first kappa shape index (κ1) is 18.2. The lowest BCUT2D eigenvalue weighted by Crippen LogP contribution is -2.52. The molecule has 0 spiro atoms. The molecule has 2 atom stereocenters. The second-order valence-electron chi connectivity index (χ2n) is 6.17. The summed E-state index contributed by atoms with van der Waals surface area (Å²) >= 11 is 0. The molecule has 2 rings (SSSR count). The van der Waals surface area contributed by atoms with E-state index in [1.165, 1.54) is 6.20 Å². The number of urea groups is 1. The number of carbonyl (C=O) groups excluding carboxylic acids is 2. The molecule has 1 saturated heterocycles. The van der Waals surface area contributed by atoms with Crippen molar-refractivity contribution in [1.29, 1.82) is 0 Å². The standard InChI is InChI=1S/C15H22N4O4S/c1-10(2)13(14(20)17-11-4-3-6-16-8-11)19-15(21)18-12-5-7-24(22,23)9-12/h3-4,6,8,10,12-13H,5,7,9H2,1-2H3,(H,17,20)(H2,18,19,21)/t12?,13-/m1/s1. The van der Waals surface area contributed by atoms with E-state index in [1.807, 2.05) is 13.8 Å². The second-order valence-corrected chi connectivity index (χ2v) is 8.40. The largest absolute Gasteiger partial charge is 0.334 e. The van der Waals surface area contributed by atoms with Crippen LogP contribution >= 0.6 is 0 Å². The molecule has 1 aromatic heterocycles. The molecule has 0 bridgehead atoms. The zero-order chi connectivity index (χ0) is 17.7. The summed E-state index contributed by atoms with van der Waals surface area (Å²) in [6.07, 6.45) is 3.50. The number of aromatic nitrogens is 1. The highest BCUT2D eigenvalue weighted by atomic mass is 32.2. The molecule has 1 aliphatic heterocycles. The highest BCUT2D eigenvalue weighted by molar-refractivity contribution is 7.91. The Morgan fingerprint density at radius 2 is 2.08 bits per heavy atom. The van der Waals surface area contributed by atoms with Gasteiger partial charge in [0.2, 0.25) is 5.91 Å². The van der Waals surface area contributed by atoms with Gasteiger partial charge >= 0.3 is 6.03 Å². The Hall–Kier alpha value is -2.16. The third-order valence-corrected chi connectivity index (χ3v) is 5.50. The van der Waals surface area contributed by atoms with Gasteiger partial charge in [0, 0.05) is 12.2 Å². The average molecular weight is 354 g/mol. The third kappa shape index (κ3) is 5.19. The van der Waals surface area contributed by atoms with Crippen LogP contribution in [0, 0.1) is 5.92 Å². The Kier molecular flexibility index (Phi) is 5.76. The topological polar surface area (TPSA) is 117 Å². The number of nitrogens with zero attached hydrogens (tertiary/aromatic N) is 1. The smallest absolute Gasteiger partial charge is 0.315 e. The van der Waals surface area contributed by atoms with Crippen molar-refractivity contribution in [1.82, 2.24) is 15.6 Å². The van der Waals surface area contributed by atoms with Crippen LogP contribution in [0.25, 0.3) is 0 Å². The summed E-state index contributed by atoms with van der Waals surface area (Å²) in [5.41, 5.74) is 0.539. The number of sulfone groups is 1.